The van der Waals surface area contributed by atoms with E-state index >= 15 is 0 Å². The van der Waals surface area contributed by atoms with Crippen LogP contribution in [0.5, 0.6) is 0 Å². The molecule has 5 heteroatoms. The monoisotopic (exact) mass is 378 g/mol. The predicted octanol–water partition coefficient (Wildman–Crippen LogP) is 5.31. The molecule has 1 aromatic heterocycles. The molecular formula is C22H22N2O2S. The molecule has 3 rings (SSSR count). The van der Waals surface area contributed by atoms with Crippen LogP contribution in [0.2, 0.25) is 0 Å². The summed E-state index contributed by atoms with van der Waals surface area (Å²) in [4.78, 5) is 12.4. The van der Waals surface area contributed by atoms with Crippen LogP contribution in [0, 0.1) is 27.7 Å². The topological polar surface area (TPSA) is 54.3 Å². The van der Waals surface area contributed by atoms with E-state index in [2.05, 4.69) is 17.6 Å². The van der Waals surface area contributed by atoms with Crippen molar-refractivity contribution in [2.75, 3.05) is 5.32 Å². The van der Waals surface area contributed by atoms with Crippen LogP contribution in [0.3, 0.4) is 0 Å². The molecule has 0 fully saturated rings. The molecule has 2 aromatic carbocycles. The van der Waals surface area contributed by atoms with E-state index in [-0.39, 0.29) is 16.8 Å². The molecule has 0 spiro atoms. The molecule has 1 heterocycles. The highest BCUT2D eigenvalue weighted by molar-refractivity contribution is 7.80. The number of thiocarbonyl (C=S) groups is 1. The second kappa shape index (κ2) is 7.76. The van der Waals surface area contributed by atoms with Gasteiger partial charge in [0.25, 0.3) is 5.91 Å². The van der Waals surface area contributed by atoms with Gasteiger partial charge in [0.2, 0.25) is 0 Å². The summed E-state index contributed by atoms with van der Waals surface area (Å²) in [6.45, 7) is 8.08. The lowest BCUT2D eigenvalue weighted by atomic mass is 10.1. The molecule has 4 nitrogen and oxygen atoms in total. The highest BCUT2D eigenvalue weighted by Gasteiger charge is 2.15. The number of amides is 1. The molecule has 1 amide bonds. The number of aryl methyl sites for hydroxylation is 4. The van der Waals surface area contributed by atoms with Gasteiger partial charge in [0, 0.05) is 11.3 Å². The maximum Gasteiger partial charge on any atom is 0.293 e. The molecule has 0 saturated carbocycles. The van der Waals surface area contributed by atoms with Gasteiger partial charge in [-0.05, 0) is 80.4 Å². The van der Waals surface area contributed by atoms with E-state index in [1.165, 1.54) is 11.1 Å². The summed E-state index contributed by atoms with van der Waals surface area (Å²) in [5, 5.41) is 6.00. The number of nitrogens with one attached hydrogen (secondary N) is 2. The molecule has 2 N–H and O–H groups in total. The first-order valence-corrected chi connectivity index (χ1v) is 9.12. The lowest BCUT2D eigenvalue weighted by Crippen LogP contribution is -2.34. The second-order valence-corrected chi connectivity index (χ2v) is 7.05. The first kappa shape index (κ1) is 18.9. The first-order valence-electron chi connectivity index (χ1n) is 8.71. The zero-order valence-corrected chi connectivity index (χ0v) is 16.7. The predicted molar refractivity (Wildman–Crippen MR) is 113 cm³/mol. The Kier molecular flexibility index (Phi) is 5.42. The number of hydrogen-bond donors (Lipinski definition) is 2. The number of hydrogen-bond acceptors (Lipinski definition) is 3. The molecule has 138 valence electrons. The molecule has 0 unspecified atom stereocenters. The van der Waals surface area contributed by atoms with Crippen LogP contribution in [0.15, 0.2) is 52.9 Å². The number of anilines is 1. The van der Waals surface area contributed by atoms with Gasteiger partial charge in [-0.15, -0.1) is 0 Å². The minimum absolute atomic E-state index is 0.217. The second-order valence-electron chi connectivity index (χ2n) is 6.64. The summed E-state index contributed by atoms with van der Waals surface area (Å²) in [7, 11) is 0. The van der Waals surface area contributed by atoms with Crippen molar-refractivity contribution < 1.29 is 9.21 Å². The molecule has 0 aliphatic rings. The zero-order chi connectivity index (χ0) is 19.6. The Bertz CT molecular complexity index is 1000. The third-order valence-electron chi connectivity index (χ3n) is 4.57. The number of benzene rings is 2. The molecule has 0 aliphatic carbocycles. The van der Waals surface area contributed by atoms with Crippen molar-refractivity contribution in [3.8, 4) is 11.3 Å². The van der Waals surface area contributed by atoms with Crippen molar-refractivity contribution in [2.45, 2.75) is 27.7 Å². The maximum atomic E-state index is 12.4. The summed E-state index contributed by atoms with van der Waals surface area (Å²) in [6.07, 6.45) is 0. The summed E-state index contributed by atoms with van der Waals surface area (Å²) < 4.78 is 5.73. The minimum atomic E-state index is -0.381. The Morgan fingerprint density at radius 2 is 1.59 bits per heavy atom. The lowest BCUT2D eigenvalue weighted by molar-refractivity contribution is 0.0951. The summed E-state index contributed by atoms with van der Waals surface area (Å²) >= 11 is 5.28. The van der Waals surface area contributed by atoms with Crippen molar-refractivity contribution in [1.29, 1.82) is 0 Å². The van der Waals surface area contributed by atoms with Gasteiger partial charge in [-0.3, -0.25) is 10.1 Å². The Hall–Kier alpha value is -2.92. The van der Waals surface area contributed by atoms with E-state index in [0.717, 1.165) is 22.4 Å². The van der Waals surface area contributed by atoms with Gasteiger partial charge < -0.3 is 9.73 Å². The molecule has 0 bridgehead atoms. The van der Waals surface area contributed by atoms with Gasteiger partial charge in [-0.2, -0.15) is 0 Å². The van der Waals surface area contributed by atoms with E-state index in [1.807, 2.05) is 57.2 Å². The highest BCUT2D eigenvalue weighted by atomic mass is 32.1. The Morgan fingerprint density at radius 1 is 0.889 bits per heavy atom. The van der Waals surface area contributed by atoms with E-state index in [9.17, 15) is 4.79 Å². The fraction of sp³-hybridized carbons (Fsp3) is 0.182. The molecular weight excluding hydrogens is 356 g/mol. The van der Waals surface area contributed by atoms with E-state index < -0.39 is 0 Å². The number of furan rings is 1. The maximum absolute atomic E-state index is 12.4. The molecule has 3 aromatic rings. The molecule has 0 saturated heterocycles. The number of carbonyl (C=O) groups excluding carboxylic acids is 1. The average Bonchev–Trinajstić information content (AvgIpc) is 3.11. The minimum Gasteiger partial charge on any atom is -0.451 e. The molecule has 27 heavy (non-hydrogen) atoms. The van der Waals surface area contributed by atoms with E-state index in [0.29, 0.717) is 5.76 Å². The summed E-state index contributed by atoms with van der Waals surface area (Å²) in [6, 6.07) is 15.5. The quantitative estimate of drug-likeness (QED) is 0.607. The van der Waals surface area contributed by atoms with Gasteiger partial charge >= 0.3 is 0 Å². The molecule has 0 aliphatic heterocycles. The van der Waals surface area contributed by atoms with Crippen LogP contribution in [0.4, 0.5) is 5.69 Å². The standard InChI is InChI=1S/C22H22N2O2S/c1-13-8-9-17(12-16(13)4)18-10-11-19(26-18)21(25)24-22(27)23-20-14(2)6-5-7-15(20)3/h5-12H,1-4H3,(H2,23,24,25,27). The first-order chi connectivity index (χ1) is 12.8. The fourth-order valence-corrected chi connectivity index (χ4v) is 3.03. The van der Waals surface area contributed by atoms with Crippen molar-refractivity contribution in [1.82, 2.24) is 5.32 Å². The highest BCUT2D eigenvalue weighted by Crippen LogP contribution is 2.24. The van der Waals surface area contributed by atoms with Crippen LogP contribution >= 0.6 is 12.2 Å². The SMILES string of the molecule is Cc1ccc(-c2ccc(C(=O)NC(=S)Nc3c(C)cccc3C)o2)cc1C. The van der Waals surface area contributed by atoms with Crippen LogP contribution in [-0.4, -0.2) is 11.0 Å². The third kappa shape index (κ3) is 4.26. The van der Waals surface area contributed by atoms with Crippen LogP contribution in [0.1, 0.15) is 32.8 Å². The van der Waals surface area contributed by atoms with Gasteiger partial charge in [0.15, 0.2) is 10.9 Å². The van der Waals surface area contributed by atoms with Crippen LogP contribution < -0.4 is 10.6 Å². The van der Waals surface area contributed by atoms with Gasteiger partial charge in [0.1, 0.15) is 5.76 Å². The van der Waals surface area contributed by atoms with Crippen LogP contribution in [-0.2, 0) is 0 Å². The average molecular weight is 378 g/mol. The Labute approximate surface area is 164 Å². The van der Waals surface area contributed by atoms with Crippen LogP contribution in [0.25, 0.3) is 11.3 Å². The molecule has 0 atom stereocenters. The number of carbonyl (C=O) groups is 1. The zero-order valence-electron chi connectivity index (χ0n) is 15.8. The summed E-state index contributed by atoms with van der Waals surface area (Å²) in [5.74, 6) is 0.486. The fourth-order valence-electron chi connectivity index (χ4n) is 2.83. The van der Waals surface area contributed by atoms with Gasteiger partial charge in [0.05, 0.1) is 0 Å². The number of rotatable bonds is 3. The van der Waals surface area contributed by atoms with Gasteiger partial charge in [-0.1, -0.05) is 30.3 Å². The van der Waals surface area contributed by atoms with Crippen molar-refractivity contribution >= 4 is 28.9 Å². The van der Waals surface area contributed by atoms with E-state index in [4.69, 9.17) is 16.6 Å². The van der Waals surface area contributed by atoms with E-state index in [1.54, 1.807) is 12.1 Å². The van der Waals surface area contributed by atoms with Crippen molar-refractivity contribution in [2.24, 2.45) is 0 Å². The smallest absolute Gasteiger partial charge is 0.293 e. The Balaban J connectivity index is 1.70. The van der Waals surface area contributed by atoms with Crippen molar-refractivity contribution in [3.05, 3.63) is 76.5 Å². The lowest BCUT2D eigenvalue weighted by Gasteiger charge is -2.13. The Morgan fingerprint density at radius 3 is 2.26 bits per heavy atom. The largest absolute Gasteiger partial charge is 0.451 e. The third-order valence-corrected chi connectivity index (χ3v) is 4.77. The van der Waals surface area contributed by atoms with Crippen molar-refractivity contribution in [3.63, 3.8) is 0 Å². The number of para-hydroxylation sites is 1. The normalized spacial score (nSPS) is 10.5. The molecule has 0 radical (unpaired) electrons. The summed E-state index contributed by atoms with van der Waals surface area (Å²) in [5.41, 5.74) is 6.34. The van der Waals surface area contributed by atoms with Gasteiger partial charge in [-0.25, -0.2) is 0 Å².